The molecule has 0 aliphatic heterocycles. The van der Waals surface area contributed by atoms with Crippen LogP contribution in [0.25, 0.3) is 5.57 Å². The van der Waals surface area contributed by atoms with E-state index in [2.05, 4.69) is 0 Å². The third kappa shape index (κ3) is 5.08. The Morgan fingerprint density at radius 3 is 2.00 bits per heavy atom. The first kappa shape index (κ1) is 20.9. The molecule has 0 saturated heterocycles. The Kier molecular flexibility index (Phi) is 7.37. The molecular formula is C19H14ClIO6. The van der Waals surface area contributed by atoms with Crippen molar-refractivity contribution in [2.24, 2.45) is 0 Å². The van der Waals surface area contributed by atoms with Crippen molar-refractivity contribution in [2.75, 3.05) is 14.2 Å². The molecule has 2 rings (SSSR count). The van der Waals surface area contributed by atoms with E-state index in [9.17, 15) is 14.4 Å². The van der Waals surface area contributed by atoms with E-state index in [0.29, 0.717) is 14.2 Å². The number of rotatable bonds is 5. The molecule has 0 aliphatic rings. The number of benzene rings is 2. The van der Waals surface area contributed by atoms with E-state index in [4.69, 9.17) is 25.8 Å². The highest BCUT2D eigenvalue weighted by Crippen LogP contribution is 2.27. The molecule has 0 unspecified atom stereocenters. The van der Waals surface area contributed by atoms with Crippen molar-refractivity contribution >= 4 is 57.7 Å². The molecule has 0 spiro atoms. The number of carbonyl (C=O) groups excluding carboxylic acids is 3. The molecule has 6 nitrogen and oxygen atoms in total. The van der Waals surface area contributed by atoms with Crippen LogP contribution in [0.5, 0.6) is 5.75 Å². The maximum atomic E-state index is 12.7. The van der Waals surface area contributed by atoms with Crippen LogP contribution >= 0.6 is 34.2 Å². The molecule has 8 heteroatoms. The molecule has 0 radical (unpaired) electrons. The Bertz CT molecular complexity index is 905. The zero-order chi connectivity index (χ0) is 20.0. The molecule has 0 aromatic heterocycles. The third-order valence-corrected chi connectivity index (χ3v) is 4.59. The normalized spacial score (nSPS) is 11.3. The highest BCUT2D eigenvalue weighted by Gasteiger charge is 2.32. The minimum Gasteiger partial charge on any atom is -0.465 e. The van der Waals surface area contributed by atoms with Crippen LogP contribution in [0.2, 0.25) is 5.02 Å². The van der Waals surface area contributed by atoms with Gasteiger partial charge in [-0.15, -0.1) is 0 Å². The smallest absolute Gasteiger partial charge is 0.351 e. The summed E-state index contributed by atoms with van der Waals surface area (Å²) < 4.78 is 15.3. The average molecular weight is 501 g/mol. The lowest BCUT2D eigenvalue weighted by atomic mass is 9.99. The van der Waals surface area contributed by atoms with Crippen LogP contribution in [0.4, 0.5) is 0 Å². The quantitative estimate of drug-likeness (QED) is 0.156. The van der Waals surface area contributed by atoms with Crippen molar-refractivity contribution in [2.45, 2.75) is 0 Å². The monoisotopic (exact) mass is 500 g/mol. The van der Waals surface area contributed by atoms with Crippen LogP contribution in [-0.2, 0) is 23.9 Å². The average Bonchev–Trinajstić information content (AvgIpc) is 2.67. The second kappa shape index (κ2) is 9.52. The molecule has 140 valence electrons. The Balaban J connectivity index is 2.62. The van der Waals surface area contributed by atoms with Gasteiger partial charge in [-0.2, -0.15) is 0 Å². The molecule has 0 saturated carbocycles. The Morgan fingerprint density at radius 2 is 1.44 bits per heavy atom. The lowest BCUT2D eigenvalue weighted by Crippen LogP contribution is -2.24. The summed E-state index contributed by atoms with van der Waals surface area (Å²) in [6.45, 7) is 0. The fraction of sp³-hybridized carbons (Fsp3) is 0.105. The highest BCUT2D eigenvalue weighted by atomic mass is 127. The first-order valence-electron chi connectivity index (χ1n) is 7.52. The molecule has 27 heavy (non-hydrogen) atoms. The second-order valence-electron chi connectivity index (χ2n) is 5.06. The van der Waals surface area contributed by atoms with Crippen LogP contribution in [0.3, 0.4) is 0 Å². The van der Waals surface area contributed by atoms with Crippen molar-refractivity contribution in [1.29, 1.82) is 0 Å². The fourth-order valence-electron chi connectivity index (χ4n) is 2.16. The minimum atomic E-state index is -1.05. The molecular weight excluding hydrogens is 487 g/mol. The first-order chi connectivity index (χ1) is 12.9. The van der Waals surface area contributed by atoms with E-state index in [-0.39, 0.29) is 11.3 Å². The Hall–Kier alpha value is -2.39. The lowest BCUT2D eigenvalue weighted by molar-refractivity contribution is -0.142. The maximum Gasteiger partial charge on any atom is 0.351 e. The number of esters is 3. The topological polar surface area (TPSA) is 78.9 Å². The Labute approximate surface area is 174 Å². The molecule has 0 heterocycles. The van der Waals surface area contributed by atoms with Gasteiger partial charge in [0.15, 0.2) is 5.57 Å². The molecule has 2 aromatic carbocycles. The largest absolute Gasteiger partial charge is 0.465 e. The van der Waals surface area contributed by atoms with Gasteiger partial charge in [-0.05, 0) is 52.9 Å². The van der Waals surface area contributed by atoms with Crippen LogP contribution < -0.4 is 4.74 Å². The first-order valence-corrected chi connectivity index (χ1v) is 8.98. The lowest BCUT2D eigenvalue weighted by Gasteiger charge is -2.13. The SMILES string of the molecule is COC(=O)/C(C(=O)Oc1ccc(Cl)cc1)=C(/C(=O)OC)c1ccccc1I. The molecule has 0 aliphatic carbocycles. The van der Waals surface area contributed by atoms with Crippen molar-refractivity contribution in [1.82, 2.24) is 0 Å². The van der Waals surface area contributed by atoms with Crippen LogP contribution in [-0.4, -0.2) is 32.1 Å². The third-order valence-electron chi connectivity index (χ3n) is 3.40. The number of hydrogen-bond acceptors (Lipinski definition) is 6. The predicted octanol–water partition coefficient (Wildman–Crippen LogP) is 3.65. The van der Waals surface area contributed by atoms with Gasteiger partial charge in [0.2, 0.25) is 0 Å². The number of ether oxygens (including phenoxy) is 3. The van der Waals surface area contributed by atoms with Gasteiger partial charge in [-0.25, -0.2) is 14.4 Å². The standard InChI is InChI=1S/C19H14ClIO6/c1-25-17(22)15(13-5-3-4-6-14(13)21)16(18(23)26-2)19(24)27-12-9-7-11(20)8-10-12/h3-10H,1-2H3/b16-15-. The number of hydrogen-bond donors (Lipinski definition) is 0. The van der Waals surface area contributed by atoms with Gasteiger partial charge in [0.25, 0.3) is 0 Å². The summed E-state index contributed by atoms with van der Waals surface area (Å²) in [5.41, 5.74) is -0.463. The highest BCUT2D eigenvalue weighted by molar-refractivity contribution is 14.1. The molecule has 0 atom stereocenters. The van der Waals surface area contributed by atoms with Gasteiger partial charge in [0.1, 0.15) is 5.75 Å². The fourth-order valence-corrected chi connectivity index (χ4v) is 2.95. The van der Waals surface area contributed by atoms with Crippen LogP contribution in [0.15, 0.2) is 54.1 Å². The molecule has 2 aromatic rings. The van der Waals surface area contributed by atoms with E-state index < -0.39 is 23.5 Å². The summed E-state index contributed by atoms with van der Waals surface area (Å²) in [6, 6.07) is 12.7. The second-order valence-corrected chi connectivity index (χ2v) is 6.66. The van der Waals surface area contributed by atoms with Gasteiger partial charge in [-0.1, -0.05) is 29.8 Å². The Morgan fingerprint density at radius 1 is 0.852 bits per heavy atom. The van der Waals surface area contributed by atoms with Crippen molar-refractivity contribution < 1.29 is 28.6 Å². The van der Waals surface area contributed by atoms with Crippen LogP contribution in [0.1, 0.15) is 5.56 Å². The maximum absolute atomic E-state index is 12.7. The van der Waals surface area contributed by atoms with Crippen molar-refractivity contribution in [3.63, 3.8) is 0 Å². The van der Waals surface area contributed by atoms with Gasteiger partial charge in [0.05, 0.1) is 19.8 Å². The van der Waals surface area contributed by atoms with Crippen molar-refractivity contribution in [3.8, 4) is 5.75 Å². The number of methoxy groups -OCH3 is 2. The number of carbonyl (C=O) groups is 3. The van der Waals surface area contributed by atoms with Crippen molar-refractivity contribution in [3.05, 3.63) is 68.3 Å². The summed E-state index contributed by atoms with van der Waals surface area (Å²) in [6.07, 6.45) is 0. The van der Waals surface area contributed by atoms with Gasteiger partial charge >= 0.3 is 17.9 Å². The molecule has 0 amide bonds. The molecule has 0 fully saturated rings. The van der Waals surface area contributed by atoms with E-state index in [0.717, 1.165) is 14.2 Å². The molecule has 0 N–H and O–H groups in total. The van der Waals surface area contributed by atoms with Gasteiger partial charge < -0.3 is 14.2 Å². The van der Waals surface area contributed by atoms with E-state index in [1.165, 1.54) is 24.3 Å². The zero-order valence-electron chi connectivity index (χ0n) is 14.3. The van der Waals surface area contributed by atoms with E-state index >= 15 is 0 Å². The van der Waals surface area contributed by atoms with Gasteiger partial charge in [-0.3, -0.25) is 0 Å². The summed E-state index contributed by atoms with van der Waals surface area (Å²) in [5, 5.41) is 0.452. The summed E-state index contributed by atoms with van der Waals surface area (Å²) in [7, 11) is 2.25. The predicted molar refractivity (Wildman–Crippen MR) is 107 cm³/mol. The van der Waals surface area contributed by atoms with Gasteiger partial charge in [0, 0.05) is 14.2 Å². The van der Waals surface area contributed by atoms with Crippen LogP contribution in [0, 0.1) is 3.57 Å². The number of halogens is 2. The molecule has 0 bridgehead atoms. The van der Waals surface area contributed by atoms with E-state index in [1.54, 1.807) is 24.3 Å². The summed E-state index contributed by atoms with van der Waals surface area (Å²) in [5.74, 6) is -2.79. The summed E-state index contributed by atoms with van der Waals surface area (Å²) in [4.78, 5) is 37.5. The minimum absolute atomic E-state index is 0.151. The van der Waals surface area contributed by atoms with E-state index in [1.807, 2.05) is 22.6 Å². The zero-order valence-corrected chi connectivity index (χ0v) is 17.2. The summed E-state index contributed by atoms with van der Waals surface area (Å²) >= 11 is 7.79.